The summed E-state index contributed by atoms with van der Waals surface area (Å²) in [6.45, 7) is 6.80. The number of hydrogen-bond donors (Lipinski definition) is 3. The lowest BCUT2D eigenvalue weighted by molar-refractivity contribution is 0.587. The van der Waals surface area contributed by atoms with Crippen molar-refractivity contribution in [1.29, 1.82) is 0 Å². The van der Waals surface area contributed by atoms with Gasteiger partial charge in [0.15, 0.2) is 5.96 Å². The van der Waals surface area contributed by atoms with Gasteiger partial charge in [-0.25, -0.2) is 22.5 Å². The van der Waals surface area contributed by atoms with Crippen LogP contribution < -0.4 is 15.4 Å². The fourth-order valence-electron chi connectivity index (χ4n) is 2.69. The topological polar surface area (TPSA) is 82.6 Å². The summed E-state index contributed by atoms with van der Waals surface area (Å²) in [6.07, 6.45) is 0. The van der Waals surface area contributed by atoms with Gasteiger partial charge in [-0.2, -0.15) is 0 Å². The normalized spacial score (nSPS) is 13.2. The van der Waals surface area contributed by atoms with Gasteiger partial charge in [-0.15, -0.1) is 0 Å². The molecule has 0 radical (unpaired) electrons. The van der Waals surface area contributed by atoms with E-state index in [2.05, 4.69) is 20.3 Å². The molecule has 8 heteroatoms. The van der Waals surface area contributed by atoms with Crippen LogP contribution in [0.2, 0.25) is 0 Å². The van der Waals surface area contributed by atoms with Crippen molar-refractivity contribution in [3.63, 3.8) is 0 Å². The Morgan fingerprint density at radius 3 is 2.38 bits per heavy atom. The monoisotopic (exact) mass is 420 g/mol. The highest BCUT2D eigenvalue weighted by Crippen LogP contribution is 2.16. The van der Waals surface area contributed by atoms with E-state index >= 15 is 0 Å². The lowest BCUT2D eigenvalue weighted by atomic mass is 10.1. The molecular weight excluding hydrogens is 391 g/mol. The number of nitrogens with zero attached hydrogens (tertiary/aromatic N) is 1. The van der Waals surface area contributed by atoms with Gasteiger partial charge in [-0.3, -0.25) is 0 Å². The fourth-order valence-corrected chi connectivity index (χ4v) is 3.47. The molecule has 2 rings (SSSR count). The largest absolute Gasteiger partial charge is 0.357 e. The van der Waals surface area contributed by atoms with Gasteiger partial charge in [0.1, 0.15) is 5.82 Å². The van der Waals surface area contributed by atoms with Gasteiger partial charge < -0.3 is 10.6 Å². The van der Waals surface area contributed by atoms with Crippen LogP contribution >= 0.6 is 0 Å². The molecule has 0 aliphatic rings. The highest BCUT2D eigenvalue weighted by Gasteiger charge is 2.10. The number of benzene rings is 2. The van der Waals surface area contributed by atoms with Crippen molar-refractivity contribution >= 4 is 16.0 Å². The molecular formula is C21H29FN4O2S. The van der Waals surface area contributed by atoms with Crippen LogP contribution in [0.4, 0.5) is 4.39 Å². The summed E-state index contributed by atoms with van der Waals surface area (Å²) in [6, 6.07) is 12.4. The summed E-state index contributed by atoms with van der Waals surface area (Å²) >= 11 is 0. The van der Waals surface area contributed by atoms with E-state index in [-0.39, 0.29) is 17.6 Å². The number of guanidine groups is 1. The molecule has 0 saturated heterocycles. The molecule has 2 aromatic rings. The SMILES string of the molecule is CCNC(=NCc1ccc(CS(=O)(=O)NC)cc1)NC(C)c1ccc(C)c(F)c1. The molecule has 0 aliphatic carbocycles. The Kier molecular flexibility index (Phi) is 8.16. The van der Waals surface area contributed by atoms with E-state index in [1.54, 1.807) is 25.1 Å². The molecule has 0 fully saturated rings. The minimum Gasteiger partial charge on any atom is -0.357 e. The standard InChI is InChI=1S/C21H29FN4O2S/c1-5-24-21(26-16(3)19-11-6-15(2)20(22)12-19)25-13-17-7-9-18(10-8-17)14-29(27,28)23-4/h6-12,16,23H,5,13-14H2,1-4H3,(H2,24,25,26). The lowest BCUT2D eigenvalue weighted by Gasteiger charge is -2.18. The van der Waals surface area contributed by atoms with Crippen LogP contribution in [-0.2, 0) is 22.3 Å². The number of sulfonamides is 1. The maximum atomic E-state index is 13.8. The molecule has 3 N–H and O–H groups in total. The highest BCUT2D eigenvalue weighted by molar-refractivity contribution is 7.88. The molecule has 158 valence electrons. The summed E-state index contributed by atoms with van der Waals surface area (Å²) in [4.78, 5) is 4.58. The summed E-state index contributed by atoms with van der Waals surface area (Å²) in [5, 5.41) is 6.47. The van der Waals surface area contributed by atoms with Crippen molar-refractivity contribution in [2.24, 2.45) is 4.99 Å². The van der Waals surface area contributed by atoms with Crippen LogP contribution in [0.3, 0.4) is 0 Å². The van der Waals surface area contributed by atoms with Gasteiger partial charge in [0.25, 0.3) is 0 Å². The van der Waals surface area contributed by atoms with E-state index in [4.69, 9.17) is 0 Å². The van der Waals surface area contributed by atoms with Crippen LogP contribution in [0, 0.1) is 12.7 Å². The first-order chi connectivity index (χ1) is 13.7. The second-order valence-electron chi connectivity index (χ2n) is 6.85. The highest BCUT2D eigenvalue weighted by atomic mass is 32.2. The van der Waals surface area contributed by atoms with Gasteiger partial charge >= 0.3 is 0 Å². The van der Waals surface area contributed by atoms with Gasteiger partial charge in [-0.05, 0) is 56.1 Å². The van der Waals surface area contributed by atoms with Crippen LogP contribution in [0.15, 0.2) is 47.5 Å². The average Bonchev–Trinajstić information content (AvgIpc) is 2.69. The maximum absolute atomic E-state index is 13.8. The summed E-state index contributed by atoms with van der Waals surface area (Å²) < 4.78 is 39.4. The van der Waals surface area contributed by atoms with Crippen LogP contribution in [0.25, 0.3) is 0 Å². The van der Waals surface area contributed by atoms with Crippen molar-refractivity contribution < 1.29 is 12.8 Å². The fraction of sp³-hybridized carbons (Fsp3) is 0.381. The average molecular weight is 421 g/mol. The molecule has 0 bridgehead atoms. The van der Waals surface area contributed by atoms with Crippen LogP contribution in [0.5, 0.6) is 0 Å². The zero-order valence-electron chi connectivity index (χ0n) is 17.3. The summed E-state index contributed by atoms with van der Waals surface area (Å²) in [5.74, 6) is 0.350. The van der Waals surface area contributed by atoms with E-state index in [1.807, 2.05) is 32.0 Å². The van der Waals surface area contributed by atoms with E-state index in [9.17, 15) is 12.8 Å². The van der Waals surface area contributed by atoms with Crippen molar-refractivity contribution in [2.45, 2.75) is 39.1 Å². The number of rotatable bonds is 8. The van der Waals surface area contributed by atoms with Gasteiger partial charge in [0.05, 0.1) is 18.3 Å². The second-order valence-corrected chi connectivity index (χ2v) is 8.78. The zero-order valence-corrected chi connectivity index (χ0v) is 18.1. The van der Waals surface area contributed by atoms with Crippen LogP contribution in [-0.4, -0.2) is 28.0 Å². The first-order valence-electron chi connectivity index (χ1n) is 9.54. The minimum atomic E-state index is -3.29. The van der Waals surface area contributed by atoms with E-state index in [0.717, 1.165) is 11.1 Å². The van der Waals surface area contributed by atoms with Gasteiger partial charge in [0, 0.05) is 6.54 Å². The lowest BCUT2D eigenvalue weighted by Crippen LogP contribution is -2.38. The van der Waals surface area contributed by atoms with E-state index < -0.39 is 10.0 Å². The Bertz CT molecular complexity index is 944. The van der Waals surface area contributed by atoms with Gasteiger partial charge in [-0.1, -0.05) is 36.4 Å². The smallest absolute Gasteiger partial charge is 0.215 e. The third-order valence-corrected chi connectivity index (χ3v) is 5.84. The molecule has 0 aromatic heterocycles. The molecule has 0 heterocycles. The third-order valence-electron chi connectivity index (χ3n) is 4.50. The van der Waals surface area contributed by atoms with Crippen molar-refractivity contribution in [3.05, 3.63) is 70.5 Å². The Hall–Kier alpha value is -2.45. The minimum absolute atomic E-state index is 0.0537. The first kappa shape index (κ1) is 22.8. The molecule has 2 aromatic carbocycles. The Labute approximate surface area is 172 Å². The van der Waals surface area contributed by atoms with Crippen molar-refractivity contribution in [1.82, 2.24) is 15.4 Å². The summed E-state index contributed by atoms with van der Waals surface area (Å²) in [5.41, 5.74) is 3.13. The molecule has 29 heavy (non-hydrogen) atoms. The zero-order chi connectivity index (χ0) is 21.4. The number of aryl methyl sites for hydroxylation is 1. The number of hydrogen-bond acceptors (Lipinski definition) is 3. The summed E-state index contributed by atoms with van der Waals surface area (Å²) in [7, 11) is -1.89. The van der Waals surface area contributed by atoms with E-state index in [0.29, 0.717) is 30.2 Å². The predicted octanol–water partition coefficient (Wildman–Crippen LogP) is 3.00. The molecule has 6 nitrogen and oxygen atoms in total. The number of halogens is 1. The molecule has 0 saturated carbocycles. The molecule has 0 aliphatic heterocycles. The first-order valence-corrected chi connectivity index (χ1v) is 11.2. The Morgan fingerprint density at radius 2 is 1.79 bits per heavy atom. The maximum Gasteiger partial charge on any atom is 0.215 e. The van der Waals surface area contributed by atoms with Crippen molar-refractivity contribution in [3.8, 4) is 0 Å². The molecule has 1 atom stereocenters. The number of aliphatic imine (C=N–C) groups is 1. The Balaban J connectivity index is 2.05. The third kappa shape index (κ3) is 7.14. The molecule has 1 unspecified atom stereocenters. The Morgan fingerprint density at radius 1 is 1.14 bits per heavy atom. The quantitative estimate of drug-likeness (QED) is 0.453. The van der Waals surface area contributed by atoms with E-state index in [1.165, 1.54) is 13.1 Å². The van der Waals surface area contributed by atoms with Gasteiger partial charge in [0.2, 0.25) is 10.0 Å². The number of nitrogens with one attached hydrogen (secondary N) is 3. The second kappa shape index (κ2) is 10.4. The predicted molar refractivity (Wildman–Crippen MR) is 116 cm³/mol. The molecule has 0 spiro atoms. The van der Waals surface area contributed by atoms with Crippen molar-refractivity contribution in [2.75, 3.05) is 13.6 Å². The molecule has 0 amide bonds. The van der Waals surface area contributed by atoms with Crippen LogP contribution in [0.1, 0.15) is 42.1 Å².